The number of anilines is 1. The molecule has 9 heteroatoms. The Morgan fingerprint density at radius 3 is 3.07 bits per heavy atom. The molecule has 4 heterocycles. The van der Waals surface area contributed by atoms with Gasteiger partial charge in [-0.1, -0.05) is 0 Å². The molecule has 5 rings (SSSR count). The number of nitrogens with one attached hydrogen (secondary N) is 2. The van der Waals surface area contributed by atoms with Gasteiger partial charge < -0.3 is 14.5 Å². The van der Waals surface area contributed by atoms with E-state index in [0.717, 1.165) is 11.8 Å². The van der Waals surface area contributed by atoms with Gasteiger partial charge >= 0.3 is 0 Å². The van der Waals surface area contributed by atoms with Crippen LogP contribution in [0.2, 0.25) is 0 Å². The van der Waals surface area contributed by atoms with Gasteiger partial charge in [-0.05, 0) is 18.9 Å². The number of aromatic nitrogens is 5. The molecule has 2 N–H and O–H groups in total. The number of amides is 1. The monoisotopic (exact) mass is 380 g/mol. The minimum atomic E-state index is -0.252. The molecule has 0 spiro atoms. The number of hydrogen-bond donors (Lipinski definition) is 2. The summed E-state index contributed by atoms with van der Waals surface area (Å²) < 4.78 is 22.6. The second kappa shape index (κ2) is 6.38. The van der Waals surface area contributed by atoms with Crippen molar-refractivity contribution in [3.63, 3.8) is 0 Å². The molecule has 1 unspecified atom stereocenters. The summed E-state index contributed by atoms with van der Waals surface area (Å²) >= 11 is 0. The third kappa shape index (κ3) is 2.47. The summed E-state index contributed by atoms with van der Waals surface area (Å²) in [6.45, 7) is 2.90. The standard InChI is InChI=1S/C19H17FN6O2/c1-10-16(13-6-26-7-14(22-9-27)24-15(26)5-21-13)12-4-23-25-19(12)17(18(10)20)11-2-3-28-8-11/h4-7,9,11H,2-3,8H2,1H3,(H,22,27)(H,23,25). The first-order chi connectivity index (χ1) is 13.7. The van der Waals surface area contributed by atoms with E-state index >= 15 is 4.39 Å². The van der Waals surface area contributed by atoms with Gasteiger partial charge in [0.1, 0.15) is 5.82 Å². The molecule has 142 valence electrons. The van der Waals surface area contributed by atoms with Crippen LogP contribution in [0.3, 0.4) is 0 Å². The number of H-pyrrole nitrogens is 1. The molecule has 0 bridgehead atoms. The van der Waals surface area contributed by atoms with Gasteiger partial charge in [0.25, 0.3) is 0 Å². The van der Waals surface area contributed by atoms with Crippen LogP contribution in [0.4, 0.5) is 10.2 Å². The topological polar surface area (TPSA) is 97.2 Å². The van der Waals surface area contributed by atoms with Gasteiger partial charge in [-0.2, -0.15) is 5.10 Å². The average molecular weight is 380 g/mol. The van der Waals surface area contributed by atoms with Crippen molar-refractivity contribution in [2.75, 3.05) is 18.5 Å². The van der Waals surface area contributed by atoms with Crippen LogP contribution in [-0.4, -0.2) is 44.2 Å². The fourth-order valence-electron chi connectivity index (χ4n) is 3.94. The van der Waals surface area contributed by atoms with Crippen LogP contribution in [0.1, 0.15) is 23.5 Å². The number of hydrogen-bond acceptors (Lipinski definition) is 5. The number of fused-ring (bicyclic) bond motifs is 2. The largest absolute Gasteiger partial charge is 0.381 e. The van der Waals surface area contributed by atoms with E-state index in [9.17, 15) is 4.79 Å². The molecule has 0 aliphatic carbocycles. The summed E-state index contributed by atoms with van der Waals surface area (Å²) in [5, 5.41) is 10.5. The molecule has 0 radical (unpaired) electrons. The lowest BCUT2D eigenvalue weighted by Crippen LogP contribution is -2.06. The van der Waals surface area contributed by atoms with E-state index in [1.165, 1.54) is 0 Å². The summed E-state index contributed by atoms with van der Waals surface area (Å²) in [4.78, 5) is 19.4. The summed E-state index contributed by atoms with van der Waals surface area (Å²) in [5.74, 6) is 0.178. The molecular formula is C19H17FN6O2. The predicted molar refractivity (Wildman–Crippen MR) is 101 cm³/mol. The molecule has 1 aliphatic rings. The number of carbonyl (C=O) groups excluding carboxylic acids is 1. The summed E-state index contributed by atoms with van der Waals surface area (Å²) in [7, 11) is 0. The molecule has 1 aliphatic heterocycles. The van der Waals surface area contributed by atoms with Crippen molar-refractivity contribution >= 4 is 28.8 Å². The van der Waals surface area contributed by atoms with E-state index in [4.69, 9.17) is 4.74 Å². The summed E-state index contributed by atoms with van der Waals surface area (Å²) in [6.07, 6.45) is 8.09. The van der Waals surface area contributed by atoms with Gasteiger partial charge in [0.15, 0.2) is 11.5 Å². The molecular weight excluding hydrogens is 363 g/mol. The van der Waals surface area contributed by atoms with Crippen LogP contribution in [0.25, 0.3) is 27.8 Å². The maximum Gasteiger partial charge on any atom is 0.212 e. The van der Waals surface area contributed by atoms with Gasteiger partial charge in [-0.3, -0.25) is 14.9 Å². The Kier molecular flexibility index (Phi) is 3.83. The highest BCUT2D eigenvalue weighted by atomic mass is 19.1. The van der Waals surface area contributed by atoms with Crippen molar-refractivity contribution < 1.29 is 13.9 Å². The Labute approximate surface area is 158 Å². The second-order valence-corrected chi connectivity index (χ2v) is 6.87. The first-order valence-electron chi connectivity index (χ1n) is 8.95. The Balaban J connectivity index is 1.72. The zero-order chi connectivity index (χ0) is 19.3. The lowest BCUT2D eigenvalue weighted by atomic mass is 9.90. The molecule has 28 heavy (non-hydrogen) atoms. The Morgan fingerprint density at radius 2 is 2.29 bits per heavy atom. The molecule has 1 saturated heterocycles. The fraction of sp³-hybridized carbons (Fsp3) is 0.263. The van der Waals surface area contributed by atoms with Crippen molar-refractivity contribution in [2.24, 2.45) is 0 Å². The number of imidazole rings is 1. The zero-order valence-corrected chi connectivity index (χ0v) is 15.1. The minimum Gasteiger partial charge on any atom is -0.381 e. The molecule has 1 amide bonds. The van der Waals surface area contributed by atoms with Gasteiger partial charge in [0, 0.05) is 35.2 Å². The number of aromatic amines is 1. The highest BCUT2D eigenvalue weighted by Crippen LogP contribution is 2.39. The van der Waals surface area contributed by atoms with Gasteiger partial charge in [0.05, 0.1) is 36.4 Å². The molecule has 4 aromatic rings. The molecule has 3 aromatic heterocycles. The van der Waals surface area contributed by atoms with Crippen LogP contribution < -0.4 is 5.32 Å². The van der Waals surface area contributed by atoms with Crippen molar-refractivity contribution in [1.29, 1.82) is 0 Å². The average Bonchev–Trinajstić information content (AvgIpc) is 3.43. The smallest absolute Gasteiger partial charge is 0.212 e. The van der Waals surface area contributed by atoms with Crippen LogP contribution in [0.15, 0.2) is 24.8 Å². The SMILES string of the molecule is Cc1c(F)c(C2CCOC2)c2[nH]ncc2c1-c1cn2cc(NC=O)nc2cn1. The number of rotatable bonds is 4. The van der Waals surface area contributed by atoms with E-state index in [2.05, 4.69) is 25.5 Å². The van der Waals surface area contributed by atoms with E-state index in [1.54, 1.807) is 36.1 Å². The second-order valence-electron chi connectivity index (χ2n) is 6.87. The quantitative estimate of drug-likeness (QED) is 0.531. The highest BCUT2D eigenvalue weighted by Gasteiger charge is 2.28. The van der Waals surface area contributed by atoms with E-state index < -0.39 is 0 Å². The summed E-state index contributed by atoms with van der Waals surface area (Å²) in [6, 6.07) is 0. The van der Waals surface area contributed by atoms with Gasteiger partial charge in [-0.15, -0.1) is 0 Å². The fourth-order valence-corrected chi connectivity index (χ4v) is 3.94. The number of nitrogens with zero attached hydrogens (tertiary/aromatic N) is 4. The molecule has 0 saturated carbocycles. The van der Waals surface area contributed by atoms with E-state index in [-0.39, 0.29) is 11.7 Å². The highest BCUT2D eigenvalue weighted by molar-refractivity contribution is 5.97. The molecule has 8 nitrogen and oxygen atoms in total. The van der Waals surface area contributed by atoms with Crippen molar-refractivity contribution in [3.05, 3.63) is 41.7 Å². The Bertz CT molecular complexity index is 1210. The van der Waals surface area contributed by atoms with Crippen molar-refractivity contribution in [2.45, 2.75) is 19.3 Å². The number of halogens is 1. The molecule has 1 fully saturated rings. The first-order valence-corrected chi connectivity index (χ1v) is 8.95. The lowest BCUT2D eigenvalue weighted by Gasteiger charge is -2.16. The number of carbonyl (C=O) groups is 1. The van der Waals surface area contributed by atoms with Crippen LogP contribution in [0.5, 0.6) is 0 Å². The Hall–Kier alpha value is -3.33. The van der Waals surface area contributed by atoms with Crippen LogP contribution in [0, 0.1) is 12.7 Å². The third-order valence-electron chi connectivity index (χ3n) is 5.26. The third-order valence-corrected chi connectivity index (χ3v) is 5.26. The normalized spacial score (nSPS) is 16.9. The molecule has 1 aromatic carbocycles. The molecule has 1 atom stereocenters. The summed E-state index contributed by atoms with van der Waals surface area (Å²) in [5.41, 5.74) is 3.70. The van der Waals surface area contributed by atoms with Crippen LogP contribution >= 0.6 is 0 Å². The van der Waals surface area contributed by atoms with Gasteiger partial charge in [-0.25, -0.2) is 9.37 Å². The van der Waals surface area contributed by atoms with E-state index in [1.807, 2.05) is 0 Å². The first kappa shape index (κ1) is 16.8. The van der Waals surface area contributed by atoms with E-state index in [0.29, 0.717) is 59.0 Å². The van der Waals surface area contributed by atoms with Crippen LogP contribution in [-0.2, 0) is 9.53 Å². The number of ether oxygens (including phenoxy) is 1. The maximum absolute atomic E-state index is 15.4. The predicted octanol–water partition coefficient (Wildman–Crippen LogP) is 2.79. The van der Waals surface area contributed by atoms with Crippen molar-refractivity contribution in [1.82, 2.24) is 24.6 Å². The Morgan fingerprint density at radius 1 is 1.39 bits per heavy atom. The zero-order valence-electron chi connectivity index (χ0n) is 15.1. The number of benzene rings is 1. The lowest BCUT2D eigenvalue weighted by molar-refractivity contribution is -0.105. The maximum atomic E-state index is 15.4. The minimum absolute atomic E-state index is 0.0109. The van der Waals surface area contributed by atoms with Crippen molar-refractivity contribution in [3.8, 4) is 11.3 Å². The van der Waals surface area contributed by atoms with Gasteiger partial charge in [0.2, 0.25) is 6.41 Å².